The van der Waals surface area contributed by atoms with Gasteiger partial charge in [-0.15, -0.1) is 0 Å². The van der Waals surface area contributed by atoms with Crippen molar-refractivity contribution >= 4 is 5.78 Å². The number of Topliss-reactive ketones (excluding diaryl/α,β-unsaturated/α-hetero) is 1. The first-order valence-corrected chi connectivity index (χ1v) is 14.5. The van der Waals surface area contributed by atoms with Gasteiger partial charge in [-0.2, -0.15) is 0 Å². The molecule has 200 valence electrons. The van der Waals surface area contributed by atoms with E-state index in [1.54, 1.807) is 0 Å². The fraction of sp³-hybridized carbons (Fsp3) is 0.967. The van der Waals surface area contributed by atoms with E-state index in [4.69, 9.17) is 4.74 Å². The van der Waals surface area contributed by atoms with Crippen molar-refractivity contribution < 1.29 is 24.9 Å². The van der Waals surface area contributed by atoms with E-state index in [0.29, 0.717) is 47.8 Å². The van der Waals surface area contributed by atoms with E-state index in [9.17, 15) is 20.1 Å². The molecular weight excluding hydrogens is 440 g/mol. The van der Waals surface area contributed by atoms with Crippen molar-refractivity contribution in [3.05, 3.63) is 0 Å². The van der Waals surface area contributed by atoms with E-state index < -0.39 is 23.2 Å². The van der Waals surface area contributed by atoms with Gasteiger partial charge in [0, 0.05) is 25.4 Å². The first-order chi connectivity index (χ1) is 16.3. The van der Waals surface area contributed by atoms with Gasteiger partial charge in [0.2, 0.25) is 0 Å². The van der Waals surface area contributed by atoms with Crippen molar-refractivity contribution in [1.82, 2.24) is 0 Å². The second kappa shape index (κ2) is 8.25. The van der Waals surface area contributed by atoms with Gasteiger partial charge < -0.3 is 20.1 Å². The molecule has 1 saturated heterocycles. The Hall–Kier alpha value is -0.490. The molecule has 0 amide bonds. The van der Waals surface area contributed by atoms with Crippen molar-refractivity contribution in [3.63, 3.8) is 0 Å². The Bertz CT molecular complexity index is 858. The highest BCUT2D eigenvalue weighted by Gasteiger charge is 2.78. The highest BCUT2D eigenvalue weighted by Crippen LogP contribution is 2.70. The average molecular weight is 491 g/mol. The highest BCUT2D eigenvalue weighted by atomic mass is 16.6. The molecule has 1 spiro atoms. The van der Waals surface area contributed by atoms with Crippen molar-refractivity contribution in [3.8, 4) is 0 Å². The SMILES string of the molecule is CC(C)C(C)C1(C)CC1C(C)C1CCC(C2CC3OC34CC(O)CC(O)C4(C)C2=O)C1(C)CCO. The summed E-state index contributed by atoms with van der Waals surface area (Å²) in [5.41, 5.74) is -1.32. The third-order valence-electron chi connectivity index (χ3n) is 13.0. The van der Waals surface area contributed by atoms with E-state index in [1.165, 1.54) is 6.42 Å². The van der Waals surface area contributed by atoms with E-state index in [-0.39, 0.29) is 42.2 Å². The third-order valence-corrected chi connectivity index (χ3v) is 13.0. The molecule has 5 heteroatoms. The minimum Gasteiger partial charge on any atom is -0.396 e. The molecule has 0 bridgehead atoms. The summed E-state index contributed by atoms with van der Waals surface area (Å²) in [6, 6.07) is 0. The summed E-state index contributed by atoms with van der Waals surface area (Å²) in [5.74, 6) is 3.37. The number of ketones is 1. The summed E-state index contributed by atoms with van der Waals surface area (Å²) in [6.07, 6.45) is 4.03. The molecule has 5 nitrogen and oxygen atoms in total. The van der Waals surface area contributed by atoms with Gasteiger partial charge in [-0.25, -0.2) is 0 Å². The molecule has 35 heavy (non-hydrogen) atoms. The Morgan fingerprint density at radius 3 is 2.31 bits per heavy atom. The van der Waals surface area contributed by atoms with Crippen molar-refractivity contribution in [2.75, 3.05) is 6.61 Å². The van der Waals surface area contributed by atoms with Gasteiger partial charge in [-0.3, -0.25) is 4.79 Å². The predicted molar refractivity (Wildman–Crippen MR) is 135 cm³/mol. The van der Waals surface area contributed by atoms with Crippen LogP contribution in [-0.2, 0) is 9.53 Å². The van der Waals surface area contributed by atoms with Crippen molar-refractivity contribution in [2.24, 2.45) is 57.7 Å². The standard InChI is InChI=1S/C30H50O5/c1-16(2)18(4)28(6)15-23(28)17(3)21-8-9-22(27(21,5)10-11-31)20-13-25-30(35-25)14-19(32)12-24(33)29(30,7)26(20)34/h16-25,31-33H,8-15H2,1-7H3. The van der Waals surface area contributed by atoms with E-state index in [1.807, 2.05) is 6.92 Å². The number of carbonyl (C=O) groups is 1. The quantitative estimate of drug-likeness (QED) is 0.454. The zero-order valence-electron chi connectivity index (χ0n) is 23.1. The molecule has 1 aliphatic heterocycles. The first kappa shape index (κ1) is 26.1. The van der Waals surface area contributed by atoms with Gasteiger partial charge in [-0.1, -0.05) is 41.5 Å². The van der Waals surface area contributed by atoms with Crippen LogP contribution < -0.4 is 0 Å². The molecule has 0 aromatic rings. The Morgan fingerprint density at radius 1 is 1.00 bits per heavy atom. The molecule has 4 aliphatic carbocycles. The number of rotatable bonds is 7. The molecule has 13 unspecified atom stereocenters. The lowest BCUT2D eigenvalue weighted by Crippen LogP contribution is -2.63. The average Bonchev–Trinajstić information content (AvgIpc) is 3.64. The maximum absolute atomic E-state index is 14.2. The lowest BCUT2D eigenvalue weighted by atomic mass is 9.51. The summed E-state index contributed by atoms with van der Waals surface area (Å²) >= 11 is 0. The summed E-state index contributed by atoms with van der Waals surface area (Å²) < 4.78 is 6.21. The molecule has 5 aliphatic rings. The number of hydrogen-bond donors (Lipinski definition) is 3. The van der Waals surface area contributed by atoms with Gasteiger partial charge in [0.25, 0.3) is 0 Å². The van der Waals surface area contributed by atoms with Crippen LogP contribution >= 0.6 is 0 Å². The molecule has 13 atom stereocenters. The van der Waals surface area contributed by atoms with Gasteiger partial charge in [-0.05, 0) is 85.4 Å². The third kappa shape index (κ3) is 3.43. The summed E-state index contributed by atoms with van der Waals surface area (Å²) in [6.45, 7) is 16.4. The molecule has 0 aromatic heterocycles. The molecule has 5 fully saturated rings. The molecule has 1 heterocycles. The fourth-order valence-electron chi connectivity index (χ4n) is 10.2. The largest absolute Gasteiger partial charge is 0.396 e. The Morgan fingerprint density at radius 2 is 1.69 bits per heavy atom. The van der Waals surface area contributed by atoms with E-state index in [2.05, 4.69) is 41.5 Å². The summed E-state index contributed by atoms with van der Waals surface area (Å²) in [7, 11) is 0. The minimum absolute atomic E-state index is 0.0479. The van der Waals surface area contributed by atoms with Gasteiger partial charge in [0.05, 0.1) is 23.7 Å². The topological polar surface area (TPSA) is 90.3 Å². The molecule has 0 radical (unpaired) electrons. The van der Waals surface area contributed by atoms with Gasteiger partial charge in [0.15, 0.2) is 0 Å². The molecule has 0 aromatic carbocycles. The smallest absolute Gasteiger partial charge is 0.147 e. The Balaban J connectivity index is 1.40. The van der Waals surface area contributed by atoms with E-state index in [0.717, 1.165) is 19.3 Å². The van der Waals surface area contributed by atoms with Crippen molar-refractivity contribution in [2.45, 2.75) is 117 Å². The first-order valence-electron chi connectivity index (χ1n) is 14.5. The summed E-state index contributed by atoms with van der Waals surface area (Å²) in [5, 5.41) is 31.6. The lowest BCUT2D eigenvalue weighted by Gasteiger charge is -2.51. The van der Waals surface area contributed by atoms with Crippen LogP contribution in [0.3, 0.4) is 0 Å². The lowest BCUT2D eigenvalue weighted by molar-refractivity contribution is -0.162. The van der Waals surface area contributed by atoms with Gasteiger partial charge in [0.1, 0.15) is 11.4 Å². The van der Waals surface area contributed by atoms with Crippen LogP contribution in [0.1, 0.15) is 93.4 Å². The monoisotopic (exact) mass is 490 g/mol. The van der Waals surface area contributed by atoms with Crippen LogP contribution in [0.5, 0.6) is 0 Å². The highest BCUT2D eigenvalue weighted by molar-refractivity contribution is 5.91. The minimum atomic E-state index is -0.939. The molecule has 4 saturated carbocycles. The van der Waals surface area contributed by atoms with E-state index >= 15 is 0 Å². The number of hydrogen-bond acceptors (Lipinski definition) is 5. The maximum Gasteiger partial charge on any atom is 0.147 e. The van der Waals surface area contributed by atoms with Crippen LogP contribution in [-0.4, -0.2) is 51.6 Å². The summed E-state index contributed by atoms with van der Waals surface area (Å²) in [4.78, 5) is 14.2. The maximum atomic E-state index is 14.2. The number of aliphatic hydroxyl groups excluding tert-OH is 3. The van der Waals surface area contributed by atoms with Crippen LogP contribution in [0, 0.1) is 57.7 Å². The number of ether oxygens (including phenoxy) is 1. The Labute approximate surface area is 212 Å². The predicted octanol–water partition coefficient (Wildman–Crippen LogP) is 4.60. The van der Waals surface area contributed by atoms with Crippen molar-refractivity contribution in [1.29, 1.82) is 0 Å². The van der Waals surface area contributed by atoms with Crippen LogP contribution in [0.4, 0.5) is 0 Å². The number of carbonyl (C=O) groups excluding carboxylic acids is 1. The normalized spacial score (nSPS) is 54.8. The zero-order chi connectivity index (χ0) is 25.7. The second-order valence-corrected chi connectivity index (χ2v) is 14.5. The second-order valence-electron chi connectivity index (χ2n) is 14.5. The van der Waals surface area contributed by atoms with Crippen LogP contribution in [0.15, 0.2) is 0 Å². The molecular formula is C30H50O5. The van der Waals surface area contributed by atoms with Crippen LogP contribution in [0.25, 0.3) is 0 Å². The Kier molecular flexibility index (Phi) is 6.16. The number of epoxide rings is 1. The zero-order valence-corrected chi connectivity index (χ0v) is 23.1. The van der Waals surface area contributed by atoms with Crippen LogP contribution in [0.2, 0.25) is 0 Å². The van der Waals surface area contributed by atoms with Gasteiger partial charge >= 0.3 is 0 Å². The fourth-order valence-corrected chi connectivity index (χ4v) is 10.2. The molecule has 3 N–H and O–H groups in total. The number of aliphatic hydroxyl groups is 3. The molecule has 5 rings (SSSR count).